The second-order valence-corrected chi connectivity index (χ2v) is 15.7. The molecule has 0 saturated carbocycles. The van der Waals surface area contributed by atoms with Crippen LogP contribution in [-0.2, 0) is 27.9 Å². The molecule has 8 nitrogen and oxygen atoms in total. The number of carbonyl (C=O) groups is 1. The molecule has 0 aromatic rings. The Kier molecular flexibility index (Phi) is 39.1. The lowest BCUT2D eigenvalue weighted by molar-refractivity contribution is -0.153. The molecule has 51 heavy (non-hydrogen) atoms. The largest absolute Gasteiger partial charge is 0.498 e. The van der Waals surface area contributed by atoms with E-state index in [4.69, 9.17) is 24.3 Å². The molecule has 0 radical (unpaired) electrons. The molecule has 0 aromatic heterocycles. The van der Waals surface area contributed by atoms with Gasteiger partial charge in [0.15, 0.2) is 6.10 Å². The maximum atomic E-state index is 12.5. The van der Waals surface area contributed by atoms with Crippen LogP contribution >= 0.6 is 7.82 Å². The average molecular weight is 744 g/mol. The van der Waals surface area contributed by atoms with Crippen molar-refractivity contribution in [2.45, 2.75) is 213 Å². The molecule has 9 heteroatoms. The molecule has 0 aliphatic rings. The standard InChI is InChI=1S/C42H82NO7P/c1-3-5-7-9-11-13-15-17-19-20-21-22-24-26-28-30-32-34-37-47-39-41(40-49-51(45,46)48-38-36-43)50-42(44)35-33-31-29-27-25-23-18-16-14-12-10-8-6-4-2/h16,18,34,37,41H,3-15,17,19-33,35-36,38-40,43H2,1-2H3,(H,45,46)/b18-16-,37-34-/t41-/m1/s1. The van der Waals surface area contributed by atoms with E-state index in [0.717, 1.165) is 44.9 Å². The summed E-state index contributed by atoms with van der Waals surface area (Å²) in [7, 11) is -4.29. The number of hydrogen-bond acceptors (Lipinski definition) is 7. The van der Waals surface area contributed by atoms with Gasteiger partial charge in [0.1, 0.15) is 6.61 Å². The van der Waals surface area contributed by atoms with E-state index < -0.39 is 13.9 Å². The molecule has 0 fully saturated rings. The molecule has 1 unspecified atom stereocenters. The third kappa shape index (κ3) is 39.9. The third-order valence-electron chi connectivity index (χ3n) is 9.19. The summed E-state index contributed by atoms with van der Waals surface area (Å²) in [6, 6.07) is 0. The molecule has 0 aromatic carbocycles. The molecule has 2 atom stereocenters. The lowest BCUT2D eigenvalue weighted by atomic mass is 10.0. The van der Waals surface area contributed by atoms with Gasteiger partial charge in [-0.25, -0.2) is 4.57 Å². The SMILES string of the molecule is CCCCCCC/C=C\CCCCCCCC(=O)O[C@H](CO/C=C\CCCCCCCCCCCCCCCCCC)COP(=O)(O)OCCN. The fourth-order valence-corrected chi connectivity index (χ4v) is 6.78. The van der Waals surface area contributed by atoms with Crippen molar-refractivity contribution in [2.24, 2.45) is 5.73 Å². The monoisotopic (exact) mass is 744 g/mol. The summed E-state index contributed by atoms with van der Waals surface area (Å²) < 4.78 is 33.1. The Hall–Kier alpha value is -1.18. The summed E-state index contributed by atoms with van der Waals surface area (Å²) in [5.41, 5.74) is 5.36. The van der Waals surface area contributed by atoms with Gasteiger partial charge >= 0.3 is 13.8 Å². The summed E-state index contributed by atoms with van der Waals surface area (Å²) in [4.78, 5) is 22.4. The van der Waals surface area contributed by atoms with Gasteiger partial charge in [-0.2, -0.15) is 0 Å². The van der Waals surface area contributed by atoms with Gasteiger partial charge in [0, 0.05) is 13.0 Å². The normalized spacial score (nSPS) is 13.6. The number of allylic oxidation sites excluding steroid dienone is 3. The first-order valence-corrected chi connectivity index (χ1v) is 22.9. The van der Waals surface area contributed by atoms with Crippen LogP contribution < -0.4 is 5.73 Å². The zero-order chi connectivity index (χ0) is 37.4. The van der Waals surface area contributed by atoms with Crippen LogP contribution in [-0.4, -0.2) is 43.3 Å². The molecule has 0 amide bonds. The van der Waals surface area contributed by atoms with Gasteiger partial charge in [-0.3, -0.25) is 13.8 Å². The third-order valence-corrected chi connectivity index (χ3v) is 10.2. The lowest BCUT2D eigenvalue weighted by Gasteiger charge is -2.19. The Balaban J connectivity index is 4.07. The summed E-state index contributed by atoms with van der Waals surface area (Å²) >= 11 is 0. The molecule has 0 saturated heterocycles. The molecule has 302 valence electrons. The number of phosphoric acid groups is 1. The fourth-order valence-electron chi connectivity index (χ4n) is 6.02. The number of esters is 1. The first-order chi connectivity index (χ1) is 24.9. The van der Waals surface area contributed by atoms with Crippen molar-refractivity contribution in [3.8, 4) is 0 Å². The van der Waals surface area contributed by atoms with Gasteiger partial charge in [0.05, 0.1) is 19.5 Å². The van der Waals surface area contributed by atoms with Crippen molar-refractivity contribution in [2.75, 3.05) is 26.4 Å². The molecule has 0 spiro atoms. The summed E-state index contributed by atoms with van der Waals surface area (Å²) in [6.45, 7) is 4.24. The summed E-state index contributed by atoms with van der Waals surface area (Å²) in [5.74, 6) is -0.359. The Bertz CT molecular complexity index is 838. The second kappa shape index (κ2) is 40.0. The number of ether oxygens (including phenoxy) is 2. The van der Waals surface area contributed by atoms with Crippen molar-refractivity contribution in [1.82, 2.24) is 0 Å². The van der Waals surface area contributed by atoms with Crippen LogP contribution in [0.2, 0.25) is 0 Å². The highest BCUT2D eigenvalue weighted by Gasteiger charge is 2.25. The highest BCUT2D eigenvalue weighted by atomic mass is 31.2. The Morgan fingerprint density at radius 1 is 0.588 bits per heavy atom. The first kappa shape index (κ1) is 49.8. The van der Waals surface area contributed by atoms with E-state index >= 15 is 0 Å². The minimum Gasteiger partial charge on any atom is -0.498 e. The minimum atomic E-state index is -4.29. The van der Waals surface area contributed by atoms with Crippen LogP contribution in [0.3, 0.4) is 0 Å². The van der Waals surface area contributed by atoms with Crippen LogP contribution in [0.25, 0.3) is 0 Å². The quantitative estimate of drug-likeness (QED) is 0.0209. The zero-order valence-electron chi connectivity index (χ0n) is 33.3. The van der Waals surface area contributed by atoms with Gasteiger partial charge in [-0.05, 0) is 51.0 Å². The smallest absolute Gasteiger partial charge is 0.472 e. The molecular weight excluding hydrogens is 661 g/mol. The molecular formula is C42H82NO7P. The van der Waals surface area contributed by atoms with E-state index in [0.29, 0.717) is 6.42 Å². The van der Waals surface area contributed by atoms with Crippen LogP contribution in [0.15, 0.2) is 24.5 Å². The second-order valence-electron chi connectivity index (χ2n) is 14.3. The molecule has 0 bridgehead atoms. The number of nitrogens with two attached hydrogens (primary N) is 1. The minimum absolute atomic E-state index is 0.0321. The lowest BCUT2D eigenvalue weighted by Crippen LogP contribution is -2.27. The average Bonchev–Trinajstić information content (AvgIpc) is 3.12. The van der Waals surface area contributed by atoms with E-state index in [1.807, 2.05) is 6.08 Å². The number of phosphoric ester groups is 1. The van der Waals surface area contributed by atoms with Crippen molar-refractivity contribution in [3.63, 3.8) is 0 Å². The Morgan fingerprint density at radius 3 is 1.45 bits per heavy atom. The first-order valence-electron chi connectivity index (χ1n) is 21.4. The zero-order valence-corrected chi connectivity index (χ0v) is 34.2. The van der Waals surface area contributed by atoms with Crippen LogP contribution in [0.4, 0.5) is 0 Å². The topological polar surface area (TPSA) is 117 Å². The molecule has 0 rings (SSSR count). The van der Waals surface area contributed by atoms with E-state index in [-0.39, 0.29) is 32.3 Å². The van der Waals surface area contributed by atoms with E-state index in [2.05, 4.69) is 26.0 Å². The highest BCUT2D eigenvalue weighted by Crippen LogP contribution is 2.43. The summed E-state index contributed by atoms with van der Waals surface area (Å²) in [6.07, 6.45) is 44.3. The van der Waals surface area contributed by atoms with Crippen molar-refractivity contribution < 1.29 is 32.8 Å². The summed E-state index contributed by atoms with van der Waals surface area (Å²) in [5, 5.41) is 0. The van der Waals surface area contributed by atoms with Crippen LogP contribution in [0.1, 0.15) is 206 Å². The van der Waals surface area contributed by atoms with Gasteiger partial charge in [-0.15, -0.1) is 0 Å². The highest BCUT2D eigenvalue weighted by molar-refractivity contribution is 7.47. The Labute approximate surface area is 315 Å². The number of rotatable bonds is 41. The number of hydrogen-bond donors (Lipinski definition) is 2. The van der Waals surface area contributed by atoms with Crippen molar-refractivity contribution in [3.05, 3.63) is 24.5 Å². The van der Waals surface area contributed by atoms with Gasteiger partial charge in [0.25, 0.3) is 0 Å². The number of carbonyl (C=O) groups excluding carboxylic acids is 1. The maximum Gasteiger partial charge on any atom is 0.472 e. The van der Waals surface area contributed by atoms with E-state index in [9.17, 15) is 14.3 Å². The van der Waals surface area contributed by atoms with Crippen LogP contribution in [0, 0.1) is 0 Å². The van der Waals surface area contributed by atoms with Crippen molar-refractivity contribution >= 4 is 13.8 Å². The molecule has 0 aliphatic heterocycles. The van der Waals surface area contributed by atoms with Crippen molar-refractivity contribution in [1.29, 1.82) is 0 Å². The molecule has 0 heterocycles. The predicted molar refractivity (Wildman–Crippen MR) is 215 cm³/mol. The van der Waals surface area contributed by atoms with Gasteiger partial charge in [-0.1, -0.05) is 167 Å². The van der Waals surface area contributed by atoms with Crippen LogP contribution in [0.5, 0.6) is 0 Å². The molecule has 3 N–H and O–H groups in total. The fraction of sp³-hybridized carbons (Fsp3) is 0.881. The van der Waals surface area contributed by atoms with Gasteiger partial charge in [0.2, 0.25) is 0 Å². The van der Waals surface area contributed by atoms with E-state index in [1.54, 1.807) is 6.26 Å². The van der Waals surface area contributed by atoms with Gasteiger partial charge < -0.3 is 20.1 Å². The maximum absolute atomic E-state index is 12.5. The predicted octanol–water partition coefficient (Wildman–Crippen LogP) is 12.8. The number of unbranched alkanes of at least 4 members (excludes halogenated alkanes) is 26. The van der Waals surface area contributed by atoms with E-state index in [1.165, 1.54) is 141 Å². The Morgan fingerprint density at radius 2 is 1.00 bits per heavy atom. The molecule has 0 aliphatic carbocycles.